The highest BCUT2D eigenvalue weighted by Gasteiger charge is 2.12. The quantitative estimate of drug-likeness (QED) is 0.918. The molecule has 1 unspecified atom stereocenters. The molecule has 0 aliphatic rings. The SMILES string of the molecule is Cc1nn(C)c(Cl)c1CNC(C)c1ccccc1. The molecule has 1 atom stereocenters. The molecule has 0 radical (unpaired) electrons. The summed E-state index contributed by atoms with van der Waals surface area (Å²) in [7, 11) is 1.86. The van der Waals surface area contributed by atoms with Crippen LogP contribution in [0.5, 0.6) is 0 Å². The third kappa shape index (κ3) is 2.74. The standard InChI is InChI=1S/C14H18ClN3/c1-10(12-7-5-4-6-8-12)16-9-13-11(2)17-18(3)14(13)15/h4-8,10,16H,9H2,1-3H3. The summed E-state index contributed by atoms with van der Waals surface area (Å²) in [6, 6.07) is 10.7. The van der Waals surface area contributed by atoms with Crippen molar-refractivity contribution in [2.45, 2.75) is 26.4 Å². The van der Waals surface area contributed by atoms with Crippen molar-refractivity contribution in [1.82, 2.24) is 15.1 Å². The maximum Gasteiger partial charge on any atom is 0.131 e. The van der Waals surface area contributed by atoms with Gasteiger partial charge >= 0.3 is 0 Å². The Morgan fingerprint density at radius 3 is 2.56 bits per heavy atom. The molecule has 3 nitrogen and oxygen atoms in total. The highest BCUT2D eigenvalue weighted by molar-refractivity contribution is 6.30. The van der Waals surface area contributed by atoms with Crippen molar-refractivity contribution in [3.8, 4) is 0 Å². The van der Waals surface area contributed by atoms with Gasteiger partial charge < -0.3 is 5.32 Å². The Hall–Kier alpha value is -1.32. The normalized spacial score (nSPS) is 12.7. The predicted octanol–water partition coefficient (Wildman–Crippen LogP) is 3.23. The first-order valence-corrected chi connectivity index (χ1v) is 6.43. The van der Waals surface area contributed by atoms with Crippen LogP contribution in [-0.4, -0.2) is 9.78 Å². The van der Waals surface area contributed by atoms with Crippen molar-refractivity contribution in [2.75, 3.05) is 0 Å². The fraction of sp³-hybridized carbons (Fsp3) is 0.357. The van der Waals surface area contributed by atoms with E-state index in [1.807, 2.05) is 20.0 Å². The van der Waals surface area contributed by atoms with Gasteiger partial charge in [-0.1, -0.05) is 41.9 Å². The number of nitrogens with one attached hydrogen (secondary N) is 1. The molecule has 0 fully saturated rings. The van der Waals surface area contributed by atoms with Gasteiger partial charge in [0.2, 0.25) is 0 Å². The summed E-state index contributed by atoms with van der Waals surface area (Å²) in [6.45, 7) is 4.86. The topological polar surface area (TPSA) is 29.9 Å². The first-order chi connectivity index (χ1) is 8.59. The molecule has 0 amide bonds. The van der Waals surface area contributed by atoms with Crippen LogP contribution in [0.4, 0.5) is 0 Å². The van der Waals surface area contributed by atoms with Crippen LogP contribution in [0, 0.1) is 6.92 Å². The van der Waals surface area contributed by atoms with Gasteiger partial charge in [-0.2, -0.15) is 5.10 Å². The minimum absolute atomic E-state index is 0.293. The van der Waals surface area contributed by atoms with Gasteiger partial charge in [-0.3, -0.25) is 4.68 Å². The fourth-order valence-electron chi connectivity index (χ4n) is 1.99. The fourth-order valence-corrected chi connectivity index (χ4v) is 2.23. The van der Waals surface area contributed by atoms with Crippen LogP contribution < -0.4 is 5.32 Å². The third-order valence-corrected chi connectivity index (χ3v) is 3.63. The lowest BCUT2D eigenvalue weighted by Crippen LogP contribution is -2.18. The molecule has 1 aromatic carbocycles. The van der Waals surface area contributed by atoms with E-state index in [0.29, 0.717) is 11.2 Å². The number of aromatic nitrogens is 2. The first-order valence-electron chi connectivity index (χ1n) is 6.06. The maximum atomic E-state index is 6.20. The highest BCUT2D eigenvalue weighted by atomic mass is 35.5. The van der Waals surface area contributed by atoms with Crippen molar-refractivity contribution < 1.29 is 0 Å². The number of nitrogens with zero attached hydrogens (tertiary/aromatic N) is 2. The zero-order valence-electron chi connectivity index (χ0n) is 10.9. The van der Waals surface area contributed by atoms with Crippen molar-refractivity contribution in [3.63, 3.8) is 0 Å². The summed E-state index contributed by atoms with van der Waals surface area (Å²) in [5, 5.41) is 8.49. The van der Waals surface area contributed by atoms with E-state index in [-0.39, 0.29) is 0 Å². The smallest absolute Gasteiger partial charge is 0.131 e. The van der Waals surface area contributed by atoms with Gasteiger partial charge in [0.15, 0.2) is 0 Å². The van der Waals surface area contributed by atoms with Gasteiger partial charge in [0.1, 0.15) is 5.15 Å². The van der Waals surface area contributed by atoms with Crippen molar-refractivity contribution in [3.05, 3.63) is 52.3 Å². The zero-order valence-corrected chi connectivity index (χ0v) is 11.7. The van der Waals surface area contributed by atoms with Crippen molar-refractivity contribution in [2.24, 2.45) is 7.05 Å². The average Bonchev–Trinajstić information content (AvgIpc) is 2.62. The highest BCUT2D eigenvalue weighted by Crippen LogP contribution is 2.20. The molecule has 4 heteroatoms. The molecule has 96 valence electrons. The lowest BCUT2D eigenvalue weighted by molar-refractivity contribution is 0.573. The summed E-state index contributed by atoms with van der Waals surface area (Å²) in [5.74, 6) is 0. The van der Waals surface area contributed by atoms with Gasteiger partial charge in [-0.15, -0.1) is 0 Å². The van der Waals surface area contributed by atoms with Crippen LogP contribution in [0.2, 0.25) is 5.15 Å². The molecule has 1 heterocycles. The van der Waals surface area contributed by atoms with Crippen molar-refractivity contribution >= 4 is 11.6 Å². The summed E-state index contributed by atoms with van der Waals surface area (Å²) in [5.41, 5.74) is 3.33. The van der Waals surface area contributed by atoms with Crippen LogP contribution in [-0.2, 0) is 13.6 Å². The molecule has 2 rings (SSSR count). The lowest BCUT2D eigenvalue weighted by atomic mass is 10.1. The predicted molar refractivity (Wildman–Crippen MR) is 74.7 cm³/mol. The molecule has 0 aliphatic heterocycles. The Labute approximate surface area is 113 Å². The Bertz CT molecular complexity index is 519. The lowest BCUT2D eigenvalue weighted by Gasteiger charge is -2.14. The van der Waals surface area contributed by atoms with E-state index in [0.717, 1.165) is 17.8 Å². The van der Waals surface area contributed by atoms with Crippen LogP contribution >= 0.6 is 11.6 Å². The molecule has 1 N–H and O–H groups in total. The van der Waals surface area contributed by atoms with E-state index in [9.17, 15) is 0 Å². The average molecular weight is 264 g/mol. The second-order valence-electron chi connectivity index (χ2n) is 4.49. The van der Waals surface area contributed by atoms with Gasteiger partial charge in [-0.25, -0.2) is 0 Å². The minimum atomic E-state index is 0.293. The van der Waals surface area contributed by atoms with Gasteiger partial charge in [0.25, 0.3) is 0 Å². The Morgan fingerprint density at radius 1 is 1.33 bits per heavy atom. The second kappa shape index (κ2) is 5.55. The summed E-state index contributed by atoms with van der Waals surface area (Å²) in [6.07, 6.45) is 0. The van der Waals surface area contributed by atoms with Crippen LogP contribution in [0.3, 0.4) is 0 Å². The molecule has 0 bridgehead atoms. The van der Waals surface area contributed by atoms with Crippen LogP contribution in [0.1, 0.15) is 29.8 Å². The number of halogens is 1. The second-order valence-corrected chi connectivity index (χ2v) is 4.85. The molecular weight excluding hydrogens is 246 g/mol. The molecule has 2 aromatic rings. The summed E-state index contributed by atoms with van der Waals surface area (Å²) >= 11 is 6.20. The van der Waals surface area contributed by atoms with Crippen LogP contribution in [0.25, 0.3) is 0 Å². The monoisotopic (exact) mass is 263 g/mol. The Morgan fingerprint density at radius 2 is 2.00 bits per heavy atom. The summed E-state index contributed by atoms with van der Waals surface area (Å²) in [4.78, 5) is 0. The van der Waals surface area contributed by atoms with E-state index >= 15 is 0 Å². The van der Waals surface area contributed by atoms with Gasteiger partial charge in [0.05, 0.1) is 5.69 Å². The van der Waals surface area contributed by atoms with Crippen LogP contribution in [0.15, 0.2) is 30.3 Å². The zero-order chi connectivity index (χ0) is 13.1. The van der Waals surface area contributed by atoms with E-state index < -0.39 is 0 Å². The minimum Gasteiger partial charge on any atom is -0.306 e. The molecular formula is C14H18ClN3. The third-order valence-electron chi connectivity index (χ3n) is 3.15. The first kappa shape index (κ1) is 13.1. The Kier molecular flexibility index (Phi) is 4.04. The number of hydrogen-bond donors (Lipinski definition) is 1. The maximum absolute atomic E-state index is 6.20. The van der Waals surface area contributed by atoms with Gasteiger partial charge in [0, 0.05) is 25.2 Å². The number of hydrogen-bond acceptors (Lipinski definition) is 2. The molecule has 0 aliphatic carbocycles. The van der Waals surface area contributed by atoms with E-state index in [1.54, 1.807) is 4.68 Å². The van der Waals surface area contributed by atoms with E-state index in [1.165, 1.54) is 5.56 Å². The van der Waals surface area contributed by atoms with E-state index in [4.69, 9.17) is 11.6 Å². The molecule has 18 heavy (non-hydrogen) atoms. The number of rotatable bonds is 4. The summed E-state index contributed by atoms with van der Waals surface area (Å²) < 4.78 is 1.71. The van der Waals surface area contributed by atoms with Gasteiger partial charge in [-0.05, 0) is 19.4 Å². The number of aryl methyl sites for hydroxylation is 2. The molecule has 0 saturated heterocycles. The number of benzene rings is 1. The van der Waals surface area contributed by atoms with E-state index in [2.05, 4.69) is 41.6 Å². The molecule has 0 spiro atoms. The largest absolute Gasteiger partial charge is 0.306 e. The Balaban J connectivity index is 2.04. The van der Waals surface area contributed by atoms with Crippen molar-refractivity contribution in [1.29, 1.82) is 0 Å². The molecule has 0 saturated carbocycles. The molecule has 1 aromatic heterocycles.